The number of carboxylic acid groups (broad SMARTS) is 1. The van der Waals surface area contributed by atoms with Crippen LogP contribution < -0.4 is 10.1 Å². The Labute approximate surface area is 137 Å². The Bertz CT molecular complexity index is 585. The summed E-state index contributed by atoms with van der Waals surface area (Å²) in [6.07, 6.45) is -4.48. The maximum Gasteiger partial charge on any atom is 0.573 e. The van der Waals surface area contributed by atoms with Gasteiger partial charge >= 0.3 is 12.3 Å². The molecule has 0 heterocycles. The van der Waals surface area contributed by atoms with E-state index in [1.807, 2.05) is 0 Å². The monoisotopic (exact) mass is 347 g/mol. The number of rotatable bonds is 8. The van der Waals surface area contributed by atoms with Crippen molar-refractivity contribution in [1.82, 2.24) is 5.32 Å². The fraction of sp³-hybridized carbons (Fsp3) is 0.500. The van der Waals surface area contributed by atoms with Crippen LogP contribution in [0.25, 0.3) is 0 Å². The van der Waals surface area contributed by atoms with E-state index in [0.29, 0.717) is 0 Å². The summed E-state index contributed by atoms with van der Waals surface area (Å²) in [5.41, 5.74) is -0.684. The molecule has 24 heavy (non-hydrogen) atoms. The largest absolute Gasteiger partial charge is 0.573 e. The zero-order valence-corrected chi connectivity index (χ0v) is 13.4. The van der Waals surface area contributed by atoms with Gasteiger partial charge in [-0.2, -0.15) is 0 Å². The lowest BCUT2D eigenvalue weighted by Gasteiger charge is -2.19. The molecule has 8 heteroatoms. The number of benzene rings is 1. The number of ether oxygens (including phenoxy) is 1. The third-order valence-electron chi connectivity index (χ3n) is 3.47. The number of halogens is 3. The van der Waals surface area contributed by atoms with Crippen LogP contribution in [0.2, 0.25) is 0 Å². The highest BCUT2D eigenvalue weighted by molar-refractivity contribution is 5.76. The Morgan fingerprint density at radius 3 is 2.42 bits per heavy atom. The number of alkyl halides is 3. The van der Waals surface area contributed by atoms with Crippen molar-refractivity contribution >= 4 is 11.9 Å². The van der Waals surface area contributed by atoms with Crippen LogP contribution in [0, 0.1) is 5.41 Å². The molecule has 0 atom stereocenters. The van der Waals surface area contributed by atoms with Crippen LogP contribution in [0.5, 0.6) is 5.75 Å². The van der Waals surface area contributed by atoms with E-state index < -0.39 is 17.7 Å². The Hall–Kier alpha value is -2.25. The first-order valence-corrected chi connectivity index (χ1v) is 7.35. The molecule has 2 N–H and O–H groups in total. The van der Waals surface area contributed by atoms with Gasteiger partial charge in [0.1, 0.15) is 5.75 Å². The van der Waals surface area contributed by atoms with Crippen LogP contribution in [0.15, 0.2) is 24.3 Å². The zero-order valence-electron chi connectivity index (χ0n) is 13.4. The first-order chi connectivity index (χ1) is 11.0. The summed E-state index contributed by atoms with van der Waals surface area (Å²) < 4.78 is 40.9. The molecule has 0 saturated carbocycles. The van der Waals surface area contributed by atoms with Crippen molar-refractivity contribution < 1.29 is 32.6 Å². The molecule has 0 aliphatic carbocycles. The molecule has 0 unspecified atom stereocenters. The molecule has 0 spiro atoms. The fourth-order valence-electron chi connectivity index (χ4n) is 1.89. The minimum absolute atomic E-state index is 0.0221. The maximum absolute atomic E-state index is 12.3. The van der Waals surface area contributed by atoms with Crippen LogP contribution in [-0.4, -0.2) is 29.9 Å². The van der Waals surface area contributed by atoms with E-state index in [0.717, 1.165) is 0 Å². The zero-order chi connectivity index (χ0) is 18.4. The van der Waals surface area contributed by atoms with Gasteiger partial charge in [0.2, 0.25) is 5.91 Å². The third-order valence-corrected chi connectivity index (χ3v) is 3.47. The molecular weight excluding hydrogens is 327 g/mol. The van der Waals surface area contributed by atoms with Gasteiger partial charge in [-0.25, -0.2) is 0 Å². The predicted molar refractivity (Wildman–Crippen MR) is 80.5 cm³/mol. The lowest BCUT2D eigenvalue weighted by atomic mass is 9.90. The standard InChI is InChI=1S/C16H20F3NO4/c1-15(2,14(22)23)9-10-20-13(21)8-7-11-5-3-4-6-12(11)24-16(17,18)19/h3-6H,7-10H2,1-2H3,(H,20,21)(H,22,23). The van der Waals surface area contributed by atoms with E-state index in [4.69, 9.17) is 5.11 Å². The van der Waals surface area contributed by atoms with Crippen molar-refractivity contribution in [2.75, 3.05) is 6.54 Å². The number of aryl methyl sites for hydroxylation is 1. The van der Waals surface area contributed by atoms with Gasteiger partial charge in [0.15, 0.2) is 0 Å². The molecule has 1 rings (SSSR count). The van der Waals surface area contributed by atoms with Gasteiger partial charge in [0.05, 0.1) is 5.41 Å². The van der Waals surface area contributed by atoms with Crippen molar-refractivity contribution in [2.24, 2.45) is 5.41 Å². The number of para-hydroxylation sites is 1. The van der Waals surface area contributed by atoms with E-state index in [1.165, 1.54) is 18.2 Å². The second-order valence-electron chi connectivity index (χ2n) is 5.94. The number of aliphatic carboxylic acids is 1. The molecule has 0 aliphatic rings. The molecule has 134 valence electrons. The third kappa shape index (κ3) is 6.89. The van der Waals surface area contributed by atoms with Gasteiger partial charge in [-0.3, -0.25) is 9.59 Å². The number of carboxylic acids is 1. The highest BCUT2D eigenvalue weighted by Gasteiger charge is 2.32. The lowest BCUT2D eigenvalue weighted by molar-refractivity contribution is -0.274. The van der Waals surface area contributed by atoms with Gasteiger partial charge in [-0.05, 0) is 38.3 Å². The Morgan fingerprint density at radius 2 is 1.83 bits per heavy atom. The van der Waals surface area contributed by atoms with Crippen LogP contribution in [0.1, 0.15) is 32.3 Å². The highest BCUT2D eigenvalue weighted by Crippen LogP contribution is 2.27. The first kappa shape index (κ1) is 19.8. The lowest BCUT2D eigenvalue weighted by Crippen LogP contribution is -2.32. The number of nitrogens with one attached hydrogen (secondary N) is 1. The predicted octanol–water partition coefficient (Wildman–Crippen LogP) is 3.13. The first-order valence-electron chi connectivity index (χ1n) is 7.35. The van der Waals surface area contributed by atoms with Crippen molar-refractivity contribution in [3.05, 3.63) is 29.8 Å². The normalized spacial score (nSPS) is 11.9. The minimum Gasteiger partial charge on any atom is -0.481 e. The van der Waals surface area contributed by atoms with Gasteiger partial charge in [-0.15, -0.1) is 13.2 Å². The van der Waals surface area contributed by atoms with Crippen molar-refractivity contribution in [2.45, 2.75) is 39.5 Å². The summed E-state index contributed by atoms with van der Waals surface area (Å²) in [7, 11) is 0. The second-order valence-corrected chi connectivity index (χ2v) is 5.94. The number of carbonyl (C=O) groups excluding carboxylic acids is 1. The average molecular weight is 347 g/mol. The van der Waals surface area contributed by atoms with E-state index in [2.05, 4.69) is 10.1 Å². The van der Waals surface area contributed by atoms with Gasteiger partial charge in [0.25, 0.3) is 0 Å². The molecule has 1 aromatic rings. The van der Waals surface area contributed by atoms with Crippen molar-refractivity contribution in [3.63, 3.8) is 0 Å². The average Bonchev–Trinajstić information content (AvgIpc) is 2.44. The molecule has 5 nitrogen and oxygen atoms in total. The molecule has 0 aliphatic heterocycles. The molecule has 0 aromatic heterocycles. The number of hydrogen-bond acceptors (Lipinski definition) is 3. The van der Waals surface area contributed by atoms with Gasteiger partial charge < -0.3 is 15.2 Å². The summed E-state index contributed by atoms with van der Waals surface area (Å²) in [6, 6.07) is 5.63. The maximum atomic E-state index is 12.3. The quantitative estimate of drug-likeness (QED) is 0.758. The van der Waals surface area contributed by atoms with Gasteiger partial charge in [0, 0.05) is 13.0 Å². The van der Waals surface area contributed by atoms with Crippen LogP contribution in [0.3, 0.4) is 0 Å². The molecular formula is C16H20F3NO4. The summed E-state index contributed by atoms with van der Waals surface area (Å²) in [6.45, 7) is 3.28. The molecule has 0 bridgehead atoms. The summed E-state index contributed by atoms with van der Waals surface area (Å²) in [5, 5.41) is 11.5. The summed E-state index contributed by atoms with van der Waals surface area (Å²) >= 11 is 0. The highest BCUT2D eigenvalue weighted by atomic mass is 19.4. The van der Waals surface area contributed by atoms with E-state index in [1.54, 1.807) is 19.9 Å². The van der Waals surface area contributed by atoms with Crippen LogP contribution >= 0.6 is 0 Å². The fourth-order valence-corrected chi connectivity index (χ4v) is 1.89. The number of hydrogen-bond donors (Lipinski definition) is 2. The van der Waals surface area contributed by atoms with E-state index >= 15 is 0 Å². The van der Waals surface area contributed by atoms with Gasteiger partial charge in [-0.1, -0.05) is 18.2 Å². The second kappa shape index (κ2) is 8.03. The Kier molecular flexibility index (Phi) is 6.62. The number of carbonyl (C=O) groups is 2. The SMILES string of the molecule is CC(C)(CCNC(=O)CCc1ccccc1OC(F)(F)F)C(=O)O. The molecule has 1 aromatic carbocycles. The Balaban J connectivity index is 2.49. The van der Waals surface area contributed by atoms with E-state index in [-0.39, 0.29) is 43.0 Å². The van der Waals surface area contributed by atoms with Crippen molar-refractivity contribution in [3.8, 4) is 5.75 Å². The van der Waals surface area contributed by atoms with Crippen LogP contribution in [0.4, 0.5) is 13.2 Å². The smallest absolute Gasteiger partial charge is 0.481 e. The molecule has 0 fully saturated rings. The topological polar surface area (TPSA) is 75.6 Å². The Morgan fingerprint density at radius 1 is 1.21 bits per heavy atom. The summed E-state index contributed by atoms with van der Waals surface area (Å²) in [4.78, 5) is 22.7. The molecule has 0 saturated heterocycles. The minimum atomic E-state index is -4.79. The summed E-state index contributed by atoms with van der Waals surface area (Å²) in [5.74, 6) is -1.65. The van der Waals surface area contributed by atoms with Crippen LogP contribution in [-0.2, 0) is 16.0 Å². The van der Waals surface area contributed by atoms with E-state index in [9.17, 15) is 22.8 Å². The molecule has 0 radical (unpaired) electrons. The molecule has 1 amide bonds. The van der Waals surface area contributed by atoms with Crippen molar-refractivity contribution in [1.29, 1.82) is 0 Å². The number of amides is 1.